The molecule has 0 unspecified atom stereocenters. The summed E-state index contributed by atoms with van der Waals surface area (Å²) in [6, 6.07) is 7.66. The predicted molar refractivity (Wildman–Crippen MR) is 114 cm³/mol. The maximum atomic E-state index is 12.7. The number of nitrogens with zero attached hydrogens (tertiary/aromatic N) is 2. The van der Waals surface area contributed by atoms with Crippen molar-refractivity contribution in [1.29, 1.82) is 10.5 Å². The molecule has 1 aliphatic rings. The summed E-state index contributed by atoms with van der Waals surface area (Å²) in [7, 11) is 0. The van der Waals surface area contributed by atoms with E-state index in [0.717, 1.165) is 50.0 Å². The zero-order valence-corrected chi connectivity index (χ0v) is 18.0. The fourth-order valence-electron chi connectivity index (χ4n) is 4.34. The van der Waals surface area contributed by atoms with Crippen molar-refractivity contribution in [3.63, 3.8) is 0 Å². The maximum Gasteiger partial charge on any atom is 0.314 e. The van der Waals surface area contributed by atoms with E-state index in [-0.39, 0.29) is 23.2 Å². The fraction of sp³-hybridized carbons (Fsp3) is 0.640. The molecule has 1 fully saturated rings. The van der Waals surface area contributed by atoms with Gasteiger partial charge in [-0.05, 0) is 49.7 Å². The normalized spacial score (nSPS) is 18.6. The van der Waals surface area contributed by atoms with Gasteiger partial charge in [0, 0.05) is 0 Å². The third-order valence-corrected chi connectivity index (χ3v) is 6.10. The molecule has 1 aliphatic carbocycles. The Labute approximate surface area is 175 Å². The number of ether oxygens (including phenoxy) is 1. The van der Waals surface area contributed by atoms with Crippen LogP contribution in [0.2, 0.25) is 0 Å². The molecule has 0 amide bonds. The summed E-state index contributed by atoms with van der Waals surface area (Å²) < 4.78 is 5.60. The van der Waals surface area contributed by atoms with Gasteiger partial charge in [-0.15, -0.1) is 0 Å². The molecule has 0 radical (unpaired) electrons. The van der Waals surface area contributed by atoms with E-state index in [2.05, 4.69) is 19.1 Å². The van der Waals surface area contributed by atoms with E-state index in [1.165, 1.54) is 38.5 Å². The van der Waals surface area contributed by atoms with Crippen molar-refractivity contribution >= 4 is 5.97 Å². The second-order valence-corrected chi connectivity index (χ2v) is 8.29. The van der Waals surface area contributed by atoms with E-state index in [0.29, 0.717) is 5.56 Å². The van der Waals surface area contributed by atoms with Crippen molar-refractivity contribution in [2.24, 2.45) is 11.8 Å². The molecular weight excluding hydrogens is 360 g/mol. The summed E-state index contributed by atoms with van der Waals surface area (Å²) in [6.45, 7) is 4.27. The number of hydrogen-bond acceptors (Lipinski definition) is 4. The van der Waals surface area contributed by atoms with Gasteiger partial charge in [-0.3, -0.25) is 4.79 Å². The van der Waals surface area contributed by atoms with Crippen LogP contribution in [-0.4, -0.2) is 5.97 Å². The molecule has 0 heterocycles. The molecule has 0 atom stereocenters. The molecule has 1 aromatic carbocycles. The van der Waals surface area contributed by atoms with Crippen LogP contribution < -0.4 is 4.74 Å². The predicted octanol–water partition coefficient (Wildman–Crippen LogP) is 6.45. The number of rotatable bonds is 10. The SMILES string of the molecule is CCCCCCCC1CCC(C(=O)Oc2ccc(CCC)c(C#N)c2C#N)CC1. The molecule has 2 rings (SSSR count). The van der Waals surface area contributed by atoms with Crippen molar-refractivity contribution in [2.45, 2.75) is 90.9 Å². The van der Waals surface area contributed by atoms with Crippen LogP contribution in [0, 0.1) is 34.5 Å². The highest BCUT2D eigenvalue weighted by Crippen LogP contribution is 2.34. The second-order valence-electron chi connectivity index (χ2n) is 8.29. The molecule has 0 aliphatic heterocycles. The number of carbonyl (C=O) groups excluding carboxylic acids is 1. The van der Waals surface area contributed by atoms with Crippen LogP contribution in [-0.2, 0) is 11.2 Å². The largest absolute Gasteiger partial charge is 0.425 e. The summed E-state index contributed by atoms with van der Waals surface area (Å²) in [6.07, 6.45) is 13.3. The van der Waals surface area contributed by atoms with Gasteiger partial charge in [0.15, 0.2) is 0 Å². The van der Waals surface area contributed by atoms with Crippen LogP contribution >= 0.6 is 0 Å². The lowest BCUT2D eigenvalue weighted by Crippen LogP contribution is -2.26. The number of unbranched alkanes of at least 4 members (excludes halogenated alkanes) is 4. The number of esters is 1. The molecule has 4 nitrogen and oxygen atoms in total. The van der Waals surface area contributed by atoms with Gasteiger partial charge >= 0.3 is 5.97 Å². The van der Waals surface area contributed by atoms with Gasteiger partial charge in [-0.25, -0.2) is 0 Å². The highest BCUT2D eigenvalue weighted by molar-refractivity contribution is 5.76. The fourth-order valence-corrected chi connectivity index (χ4v) is 4.34. The zero-order valence-electron chi connectivity index (χ0n) is 18.0. The van der Waals surface area contributed by atoms with E-state index < -0.39 is 0 Å². The summed E-state index contributed by atoms with van der Waals surface area (Å²) in [4.78, 5) is 12.7. The quantitative estimate of drug-likeness (QED) is 0.259. The van der Waals surface area contributed by atoms with Gasteiger partial charge in [0.2, 0.25) is 0 Å². The van der Waals surface area contributed by atoms with Crippen LogP contribution in [0.3, 0.4) is 0 Å². The summed E-state index contributed by atoms with van der Waals surface area (Å²) >= 11 is 0. The molecule has 1 saturated carbocycles. The Bertz CT molecular complexity index is 749. The number of nitriles is 2. The van der Waals surface area contributed by atoms with Gasteiger partial charge in [0.05, 0.1) is 11.5 Å². The van der Waals surface area contributed by atoms with E-state index in [1.54, 1.807) is 12.1 Å². The number of carbonyl (C=O) groups is 1. The van der Waals surface area contributed by atoms with Crippen LogP contribution in [0.1, 0.15) is 101 Å². The molecule has 0 bridgehead atoms. The number of benzene rings is 1. The molecule has 0 aromatic heterocycles. The highest BCUT2D eigenvalue weighted by Gasteiger charge is 2.28. The monoisotopic (exact) mass is 394 g/mol. The van der Waals surface area contributed by atoms with Crippen molar-refractivity contribution < 1.29 is 9.53 Å². The van der Waals surface area contributed by atoms with Gasteiger partial charge in [0.25, 0.3) is 0 Å². The van der Waals surface area contributed by atoms with Crippen molar-refractivity contribution in [1.82, 2.24) is 0 Å². The Hall–Kier alpha value is -2.33. The van der Waals surface area contributed by atoms with Crippen LogP contribution in [0.25, 0.3) is 0 Å². The maximum absolute atomic E-state index is 12.7. The Balaban J connectivity index is 1.90. The minimum atomic E-state index is -0.255. The zero-order chi connectivity index (χ0) is 21.1. The topological polar surface area (TPSA) is 73.9 Å². The van der Waals surface area contributed by atoms with Gasteiger partial charge in [-0.2, -0.15) is 10.5 Å². The second kappa shape index (κ2) is 12.3. The van der Waals surface area contributed by atoms with Gasteiger partial charge in [-0.1, -0.05) is 64.9 Å². The van der Waals surface area contributed by atoms with Crippen molar-refractivity contribution in [2.75, 3.05) is 0 Å². The molecule has 1 aromatic rings. The Kier molecular flexibility index (Phi) is 9.72. The molecule has 0 spiro atoms. The third-order valence-electron chi connectivity index (χ3n) is 6.10. The first-order valence-corrected chi connectivity index (χ1v) is 11.3. The minimum Gasteiger partial charge on any atom is -0.425 e. The molecule has 0 N–H and O–H groups in total. The average Bonchev–Trinajstić information content (AvgIpc) is 2.74. The molecule has 29 heavy (non-hydrogen) atoms. The van der Waals surface area contributed by atoms with Gasteiger partial charge in [0.1, 0.15) is 23.5 Å². The standard InChI is InChI=1S/C25H34N2O2/c1-3-5-6-7-8-10-19-11-13-21(14-12-19)25(28)29-24-16-15-20(9-4-2)22(17-26)23(24)18-27/h15-16,19,21H,3-14H2,1-2H3. The van der Waals surface area contributed by atoms with E-state index in [4.69, 9.17) is 4.74 Å². The first-order valence-electron chi connectivity index (χ1n) is 11.3. The molecule has 156 valence electrons. The summed E-state index contributed by atoms with van der Waals surface area (Å²) in [5.74, 6) is 0.606. The van der Waals surface area contributed by atoms with Crippen LogP contribution in [0.4, 0.5) is 0 Å². The smallest absolute Gasteiger partial charge is 0.314 e. The number of aryl methyl sites for hydroxylation is 1. The lowest BCUT2D eigenvalue weighted by Gasteiger charge is -2.27. The third kappa shape index (κ3) is 6.60. The van der Waals surface area contributed by atoms with E-state index in [9.17, 15) is 15.3 Å². The van der Waals surface area contributed by atoms with Gasteiger partial charge < -0.3 is 4.74 Å². The Morgan fingerprint density at radius 2 is 1.66 bits per heavy atom. The van der Waals surface area contributed by atoms with Crippen molar-refractivity contribution in [3.8, 4) is 17.9 Å². The first-order chi connectivity index (χ1) is 14.1. The number of hydrogen-bond donors (Lipinski definition) is 0. The highest BCUT2D eigenvalue weighted by atomic mass is 16.5. The Morgan fingerprint density at radius 1 is 0.966 bits per heavy atom. The first kappa shape index (κ1) is 23.0. The van der Waals surface area contributed by atoms with Crippen molar-refractivity contribution in [3.05, 3.63) is 28.8 Å². The molecular formula is C25H34N2O2. The Morgan fingerprint density at radius 3 is 2.28 bits per heavy atom. The summed E-state index contributed by atoms with van der Waals surface area (Å²) in [5, 5.41) is 19.0. The van der Waals surface area contributed by atoms with Crippen LogP contribution in [0.5, 0.6) is 5.75 Å². The summed E-state index contributed by atoms with van der Waals surface area (Å²) in [5.41, 5.74) is 1.37. The molecule has 4 heteroatoms. The van der Waals surface area contributed by atoms with E-state index in [1.807, 2.05) is 6.92 Å². The van der Waals surface area contributed by atoms with Crippen LogP contribution in [0.15, 0.2) is 12.1 Å². The minimum absolute atomic E-state index is 0.0984. The molecule has 0 saturated heterocycles. The lowest BCUT2D eigenvalue weighted by molar-refractivity contribution is -0.140. The average molecular weight is 395 g/mol. The lowest BCUT2D eigenvalue weighted by atomic mass is 9.79. The van der Waals surface area contributed by atoms with E-state index >= 15 is 0 Å².